The van der Waals surface area contributed by atoms with Gasteiger partial charge in [-0.2, -0.15) is 5.26 Å². The quantitative estimate of drug-likeness (QED) is 0.530. The first-order valence-corrected chi connectivity index (χ1v) is 7.41. The van der Waals surface area contributed by atoms with E-state index in [2.05, 4.69) is 0 Å². The highest BCUT2D eigenvalue weighted by atomic mass is 32.2. The Morgan fingerprint density at radius 3 is 2.41 bits per heavy atom. The molecule has 2 rings (SSSR count). The first-order valence-electron chi connectivity index (χ1n) is 6.19. The Balaban J connectivity index is 2.21. The molecule has 0 aromatic heterocycles. The largest absolute Gasteiger partial charge is 0.478 e. The molecule has 2 aromatic carbocycles. The molecule has 0 aliphatic rings. The number of benzene rings is 2. The molecule has 110 valence electrons. The van der Waals surface area contributed by atoms with Crippen LogP contribution in [0.2, 0.25) is 0 Å². The molecule has 0 aliphatic carbocycles. The number of carboxylic acids is 1. The maximum atomic E-state index is 12.0. The number of nitriles is 1. The van der Waals surface area contributed by atoms with E-state index in [4.69, 9.17) is 15.1 Å². The van der Waals surface area contributed by atoms with Crippen LogP contribution in [0, 0.1) is 11.3 Å². The summed E-state index contributed by atoms with van der Waals surface area (Å²) >= 11 is 1.56. The fourth-order valence-electron chi connectivity index (χ4n) is 1.76. The average Bonchev–Trinajstić information content (AvgIpc) is 2.54. The van der Waals surface area contributed by atoms with Crippen LogP contribution in [0.1, 0.15) is 26.3 Å². The van der Waals surface area contributed by atoms with Crippen molar-refractivity contribution in [1.82, 2.24) is 0 Å². The summed E-state index contributed by atoms with van der Waals surface area (Å²) in [5, 5.41) is 17.9. The lowest BCUT2D eigenvalue weighted by Gasteiger charge is -2.06. The van der Waals surface area contributed by atoms with Crippen LogP contribution in [0.3, 0.4) is 0 Å². The molecule has 0 saturated heterocycles. The molecule has 0 amide bonds. The minimum Gasteiger partial charge on any atom is -0.478 e. The van der Waals surface area contributed by atoms with Gasteiger partial charge in [-0.25, -0.2) is 9.59 Å². The van der Waals surface area contributed by atoms with Gasteiger partial charge in [0.15, 0.2) is 0 Å². The van der Waals surface area contributed by atoms with Gasteiger partial charge in [0.2, 0.25) is 0 Å². The minimum atomic E-state index is -1.21. The summed E-state index contributed by atoms with van der Waals surface area (Å²) < 4.78 is 5.16. The van der Waals surface area contributed by atoms with Crippen LogP contribution in [0.25, 0.3) is 0 Å². The number of hydrogen-bond donors (Lipinski definition) is 1. The maximum absolute atomic E-state index is 12.0. The number of esters is 1. The second kappa shape index (κ2) is 6.78. The Hall–Kier alpha value is -2.78. The number of thioether (sulfide) groups is 1. The molecule has 2 aromatic rings. The van der Waals surface area contributed by atoms with E-state index in [1.165, 1.54) is 18.2 Å². The molecule has 0 fully saturated rings. The van der Waals surface area contributed by atoms with Crippen molar-refractivity contribution >= 4 is 23.7 Å². The van der Waals surface area contributed by atoms with Crippen molar-refractivity contribution in [2.45, 2.75) is 4.90 Å². The molecule has 0 saturated carbocycles. The lowest BCUT2D eigenvalue weighted by atomic mass is 10.1. The van der Waals surface area contributed by atoms with E-state index in [9.17, 15) is 9.59 Å². The zero-order valence-corrected chi connectivity index (χ0v) is 12.4. The second-order valence-corrected chi connectivity index (χ2v) is 5.12. The number of rotatable bonds is 4. The minimum absolute atomic E-state index is 0.0597. The predicted octanol–water partition coefficient (Wildman–Crippen LogP) is 3.20. The SMILES string of the molecule is CSc1ccc(C(=O)Oc2ccc(C(=O)O)c(C#N)c2)cc1. The molecule has 6 heteroatoms. The van der Waals surface area contributed by atoms with Gasteiger partial charge in [-0.15, -0.1) is 11.8 Å². The number of nitrogens with zero attached hydrogens (tertiary/aromatic N) is 1. The summed E-state index contributed by atoms with van der Waals surface area (Å²) in [7, 11) is 0. The van der Waals surface area contributed by atoms with Crippen LogP contribution in [-0.2, 0) is 0 Å². The van der Waals surface area contributed by atoms with Crippen molar-refractivity contribution in [3.63, 3.8) is 0 Å². The monoisotopic (exact) mass is 313 g/mol. The lowest BCUT2D eigenvalue weighted by molar-refractivity contribution is 0.0696. The van der Waals surface area contributed by atoms with Gasteiger partial charge in [0.1, 0.15) is 11.8 Å². The van der Waals surface area contributed by atoms with Crippen LogP contribution in [0.4, 0.5) is 0 Å². The highest BCUT2D eigenvalue weighted by Gasteiger charge is 2.13. The molecule has 0 unspecified atom stereocenters. The molecule has 0 spiro atoms. The van der Waals surface area contributed by atoms with Crippen LogP contribution < -0.4 is 4.74 Å². The summed E-state index contributed by atoms with van der Waals surface area (Å²) in [4.78, 5) is 24.0. The second-order valence-electron chi connectivity index (χ2n) is 4.24. The molecular formula is C16H11NO4S. The highest BCUT2D eigenvalue weighted by Crippen LogP contribution is 2.20. The van der Waals surface area contributed by atoms with Crippen molar-refractivity contribution < 1.29 is 19.4 Å². The summed E-state index contributed by atoms with van der Waals surface area (Å²) in [5.74, 6) is -1.65. The van der Waals surface area contributed by atoms with Crippen LogP contribution in [-0.4, -0.2) is 23.3 Å². The number of carbonyl (C=O) groups excluding carboxylic acids is 1. The van der Waals surface area contributed by atoms with Gasteiger partial charge in [0.05, 0.1) is 16.7 Å². The average molecular weight is 313 g/mol. The Morgan fingerprint density at radius 2 is 1.86 bits per heavy atom. The van der Waals surface area contributed by atoms with Crippen molar-refractivity contribution in [2.75, 3.05) is 6.26 Å². The highest BCUT2D eigenvalue weighted by molar-refractivity contribution is 7.98. The van der Waals surface area contributed by atoms with Crippen molar-refractivity contribution in [3.05, 3.63) is 59.2 Å². The zero-order valence-electron chi connectivity index (χ0n) is 11.6. The summed E-state index contributed by atoms with van der Waals surface area (Å²) in [6.45, 7) is 0. The molecule has 22 heavy (non-hydrogen) atoms. The van der Waals surface area contributed by atoms with Crippen molar-refractivity contribution in [2.24, 2.45) is 0 Å². The van der Waals surface area contributed by atoms with Gasteiger partial charge < -0.3 is 9.84 Å². The third-order valence-corrected chi connectivity index (χ3v) is 3.62. The standard InChI is InChI=1S/C16H11NO4S/c1-22-13-5-2-10(3-6-13)16(20)21-12-4-7-14(15(18)19)11(8-12)9-17/h2-8H,1H3,(H,18,19). The number of ether oxygens (including phenoxy) is 1. The Bertz CT molecular complexity index is 763. The fourth-order valence-corrected chi connectivity index (χ4v) is 2.17. The topological polar surface area (TPSA) is 87.4 Å². The summed E-state index contributed by atoms with van der Waals surface area (Å²) in [6.07, 6.45) is 1.93. The van der Waals surface area contributed by atoms with E-state index >= 15 is 0 Å². The lowest BCUT2D eigenvalue weighted by Crippen LogP contribution is -2.09. The molecular weight excluding hydrogens is 302 g/mol. The third kappa shape index (κ3) is 3.45. The molecule has 5 nitrogen and oxygen atoms in total. The van der Waals surface area contributed by atoms with Gasteiger partial charge in [-0.05, 0) is 48.7 Å². The molecule has 0 radical (unpaired) electrons. The molecule has 0 atom stereocenters. The predicted molar refractivity (Wildman–Crippen MR) is 81.3 cm³/mol. The van der Waals surface area contributed by atoms with E-state index in [1.807, 2.05) is 6.26 Å². The first kappa shape index (κ1) is 15.6. The molecule has 0 bridgehead atoms. The van der Waals surface area contributed by atoms with Crippen molar-refractivity contribution in [3.8, 4) is 11.8 Å². The van der Waals surface area contributed by atoms with Crippen LogP contribution >= 0.6 is 11.8 Å². The van der Waals surface area contributed by atoms with E-state index < -0.39 is 11.9 Å². The van der Waals surface area contributed by atoms with Gasteiger partial charge in [-0.3, -0.25) is 0 Å². The van der Waals surface area contributed by atoms with Gasteiger partial charge in [-0.1, -0.05) is 0 Å². The fraction of sp³-hybridized carbons (Fsp3) is 0.0625. The normalized spacial score (nSPS) is 9.82. The summed E-state index contributed by atoms with van der Waals surface area (Å²) in [5.41, 5.74) is 0.181. The van der Waals surface area contributed by atoms with Crippen LogP contribution in [0.5, 0.6) is 5.75 Å². The molecule has 1 N–H and O–H groups in total. The molecule has 0 aliphatic heterocycles. The third-order valence-electron chi connectivity index (χ3n) is 2.88. The first-order chi connectivity index (χ1) is 10.5. The number of carboxylic acid groups (broad SMARTS) is 1. The van der Waals surface area contributed by atoms with Gasteiger partial charge >= 0.3 is 11.9 Å². The van der Waals surface area contributed by atoms with E-state index in [0.29, 0.717) is 5.56 Å². The Labute approximate surface area is 131 Å². The van der Waals surface area contributed by atoms with Gasteiger partial charge in [0.25, 0.3) is 0 Å². The maximum Gasteiger partial charge on any atom is 0.343 e. The van der Waals surface area contributed by atoms with Crippen LogP contribution in [0.15, 0.2) is 47.4 Å². The van der Waals surface area contributed by atoms with E-state index in [-0.39, 0.29) is 16.9 Å². The van der Waals surface area contributed by atoms with Crippen molar-refractivity contribution in [1.29, 1.82) is 5.26 Å². The Kier molecular flexibility index (Phi) is 4.81. The smallest absolute Gasteiger partial charge is 0.343 e. The molecule has 0 heterocycles. The van der Waals surface area contributed by atoms with E-state index in [1.54, 1.807) is 42.1 Å². The van der Waals surface area contributed by atoms with Gasteiger partial charge in [0, 0.05) is 4.90 Å². The number of aromatic carboxylic acids is 1. The zero-order chi connectivity index (χ0) is 16.1. The number of carbonyl (C=O) groups is 2. The Morgan fingerprint density at radius 1 is 1.18 bits per heavy atom. The number of hydrogen-bond acceptors (Lipinski definition) is 5. The van der Waals surface area contributed by atoms with E-state index in [0.717, 1.165) is 4.90 Å². The summed E-state index contributed by atoms with van der Waals surface area (Å²) in [6, 6.07) is 12.5.